The molecule has 29 heavy (non-hydrogen) atoms. The van der Waals surface area contributed by atoms with Gasteiger partial charge in [-0.1, -0.05) is 115 Å². The van der Waals surface area contributed by atoms with Gasteiger partial charge in [0.15, 0.2) is 0 Å². The van der Waals surface area contributed by atoms with Gasteiger partial charge in [0.25, 0.3) is 0 Å². The van der Waals surface area contributed by atoms with Gasteiger partial charge in [-0.3, -0.25) is 0 Å². The van der Waals surface area contributed by atoms with E-state index in [-0.39, 0.29) is 12.6 Å². The topological polar surface area (TPSA) is 46.5 Å². The Hall–Kier alpha value is -1.35. The first-order valence-electron chi connectivity index (χ1n) is 12.1. The SMILES string of the molecule is CCCCCCCCCCCCCCCCCCOC(=O)c1ccc(CO)cc1. The van der Waals surface area contributed by atoms with Gasteiger partial charge in [-0.05, 0) is 24.1 Å². The summed E-state index contributed by atoms with van der Waals surface area (Å²) < 4.78 is 5.32. The summed E-state index contributed by atoms with van der Waals surface area (Å²) in [5.74, 6) is -0.268. The van der Waals surface area contributed by atoms with E-state index in [0.29, 0.717) is 12.2 Å². The average Bonchev–Trinajstić information content (AvgIpc) is 2.75. The van der Waals surface area contributed by atoms with Crippen molar-refractivity contribution < 1.29 is 14.6 Å². The maximum Gasteiger partial charge on any atom is 0.338 e. The highest BCUT2D eigenvalue weighted by Gasteiger charge is 2.06. The van der Waals surface area contributed by atoms with Crippen LogP contribution in [0.3, 0.4) is 0 Å². The first kappa shape index (κ1) is 25.7. The van der Waals surface area contributed by atoms with E-state index >= 15 is 0 Å². The highest BCUT2D eigenvalue weighted by Crippen LogP contribution is 2.14. The Morgan fingerprint density at radius 3 is 1.52 bits per heavy atom. The number of hydrogen-bond donors (Lipinski definition) is 1. The highest BCUT2D eigenvalue weighted by molar-refractivity contribution is 5.89. The molecule has 0 heterocycles. The number of esters is 1. The van der Waals surface area contributed by atoms with Crippen LogP contribution in [0.15, 0.2) is 24.3 Å². The maximum atomic E-state index is 11.9. The molecule has 3 heteroatoms. The third-order valence-corrected chi connectivity index (χ3v) is 5.60. The van der Waals surface area contributed by atoms with Gasteiger partial charge in [0.1, 0.15) is 0 Å². The molecule has 0 aromatic heterocycles. The van der Waals surface area contributed by atoms with Crippen LogP contribution in [0.25, 0.3) is 0 Å². The fourth-order valence-electron chi connectivity index (χ4n) is 3.64. The lowest BCUT2D eigenvalue weighted by molar-refractivity contribution is 0.0497. The highest BCUT2D eigenvalue weighted by atomic mass is 16.5. The second-order valence-electron chi connectivity index (χ2n) is 8.29. The number of carbonyl (C=O) groups is 1. The zero-order valence-electron chi connectivity index (χ0n) is 18.8. The molecule has 1 N–H and O–H groups in total. The quantitative estimate of drug-likeness (QED) is 0.191. The molecule has 1 aromatic rings. The third kappa shape index (κ3) is 14.3. The third-order valence-electron chi connectivity index (χ3n) is 5.60. The van der Waals surface area contributed by atoms with Crippen LogP contribution in [0.2, 0.25) is 0 Å². The predicted octanol–water partition coefficient (Wildman–Crippen LogP) is 7.60. The molecule has 0 aliphatic heterocycles. The second kappa shape index (κ2) is 18.7. The number of benzene rings is 1. The van der Waals surface area contributed by atoms with Gasteiger partial charge in [-0.2, -0.15) is 0 Å². The van der Waals surface area contributed by atoms with Gasteiger partial charge in [-0.15, -0.1) is 0 Å². The van der Waals surface area contributed by atoms with E-state index in [1.807, 2.05) is 0 Å². The molecule has 0 bridgehead atoms. The zero-order valence-corrected chi connectivity index (χ0v) is 18.8. The van der Waals surface area contributed by atoms with Gasteiger partial charge in [-0.25, -0.2) is 4.79 Å². The zero-order chi connectivity index (χ0) is 21.0. The van der Waals surface area contributed by atoms with Gasteiger partial charge < -0.3 is 9.84 Å². The minimum atomic E-state index is -0.268. The second-order valence-corrected chi connectivity index (χ2v) is 8.29. The minimum absolute atomic E-state index is 0.00544. The standard InChI is InChI=1S/C26H44O3/c1-2-3-4-5-6-7-8-9-10-11-12-13-14-15-16-17-22-29-26(28)25-20-18-24(23-27)19-21-25/h18-21,27H,2-17,22-23H2,1H3. The van der Waals surface area contributed by atoms with Crippen molar-refractivity contribution in [3.8, 4) is 0 Å². The number of ether oxygens (including phenoxy) is 1. The Labute approximate surface area is 179 Å². The normalized spacial score (nSPS) is 11.0. The molecule has 0 aliphatic carbocycles. The van der Waals surface area contributed by atoms with Gasteiger partial charge in [0.2, 0.25) is 0 Å². The van der Waals surface area contributed by atoms with Crippen molar-refractivity contribution in [3.05, 3.63) is 35.4 Å². The predicted molar refractivity (Wildman–Crippen MR) is 122 cm³/mol. The van der Waals surface area contributed by atoms with Crippen molar-refractivity contribution in [1.29, 1.82) is 0 Å². The van der Waals surface area contributed by atoms with Crippen LogP contribution in [0.4, 0.5) is 0 Å². The molecule has 3 nitrogen and oxygen atoms in total. The number of aliphatic hydroxyl groups excluding tert-OH is 1. The molecule has 0 radical (unpaired) electrons. The molecule has 166 valence electrons. The lowest BCUT2D eigenvalue weighted by atomic mass is 10.0. The van der Waals surface area contributed by atoms with Crippen molar-refractivity contribution in [2.24, 2.45) is 0 Å². The molecule has 0 saturated heterocycles. The van der Waals surface area contributed by atoms with Crippen LogP contribution in [-0.2, 0) is 11.3 Å². The maximum absolute atomic E-state index is 11.9. The van der Waals surface area contributed by atoms with E-state index in [9.17, 15) is 4.79 Å². The molecule has 1 rings (SSSR count). The van der Waals surface area contributed by atoms with Crippen molar-refractivity contribution in [3.63, 3.8) is 0 Å². The first-order chi connectivity index (χ1) is 14.3. The molecular weight excluding hydrogens is 360 g/mol. The van der Waals surface area contributed by atoms with Crippen LogP contribution in [0.1, 0.15) is 126 Å². The lowest BCUT2D eigenvalue weighted by Crippen LogP contribution is -2.06. The fourth-order valence-corrected chi connectivity index (χ4v) is 3.64. The van der Waals surface area contributed by atoms with Crippen molar-refractivity contribution >= 4 is 5.97 Å². The summed E-state index contributed by atoms with van der Waals surface area (Å²) >= 11 is 0. The van der Waals surface area contributed by atoms with E-state index in [4.69, 9.17) is 9.84 Å². The van der Waals surface area contributed by atoms with Crippen LogP contribution >= 0.6 is 0 Å². The van der Waals surface area contributed by atoms with Crippen LogP contribution in [-0.4, -0.2) is 17.7 Å². The summed E-state index contributed by atoms with van der Waals surface area (Å²) in [7, 11) is 0. The number of hydrogen-bond acceptors (Lipinski definition) is 3. The molecule has 1 aromatic carbocycles. The summed E-state index contributed by atoms with van der Waals surface area (Å²) in [5.41, 5.74) is 1.36. The van der Waals surface area contributed by atoms with Gasteiger partial charge in [0.05, 0.1) is 18.8 Å². The largest absolute Gasteiger partial charge is 0.462 e. The molecule has 0 aliphatic rings. The van der Waals surface area contributed by atoms with Crippen molar-refractivity contribution in [1.82, 2.24) is 0 Å². The number of carbonyl (C=O) groups excluding carboxylic acids is 1. The average molecular weight is 405 g/mol. The van der Waals surface area contributed by atoms with E-state index in [0.717, 1.165) is 18.4 Å². The first-order valence-corrected chi connectivity index (χ1v) is 12.1. The molecule has 0 fully saturated rings. The fraction of sp³-hybridized carbons (Fsp3) is 0.731. The van der Waals surface area contributed by atoms with Crippen LogP contribution < -0.4 is 0 Å². The molecule has 0 unspecified atom stereocenters. The Morgan fingerprint density at radius 1 is 0.690 bits per heavy atom. The number of rotatable bonds is 19. The smallest absolute Gasteiger partial charge is 0.338 e. The lowest BCUT2D eigenvalue weighted by Gasteiger charge is -2.06. The summed E-state index contributed by atoms with van der Waals surface area (Å²) in [6.07, 6.45) is 21.5. The Morgan fingerprint density at radius 2 is 1.10 bits per heavy atom. The van der Waals surface area contributed by atoms with Gasteiger partial charge in [0, 0.05) is 0 Å². The van der Waals surface area contributed by atoms with E-state index in [1.54, 1.807) is 24.3 Å². The molecular formula is C26H44O3. The Bertz CT molecular complexity index is 495. The number of aliphatic hydroxyl groups is 1. The summed E-state index contributed by atoms with van der Waals surface area (Å²) in [6, 6.07) is 6.93. The minimum Gasteiger partial charge on any atom is -0.462 e. The molecule has 0 spiro atoms. The molecule has 0 amide bonds. The monoisotopic (exact) mass is 404 g/mol. The van der Waals surface area contributed by atoms with E-state index in [1.165, 1.54) is 89.9 Å². The van der Waals surface area contributed by atoms with Crippen LogP contribution in [0, 0.1) is 0 Å². The van der Waals surface area contributed by atoms with Crippen LogP contribution in [0.5, 0.6) is 0 Å². The summed E-state index contributed by atoms with van der Waals surface area (Å²) in [4.78, 5) is 11.9. The van der Waals surface area contributed by atoms with E-state index < -0.39 is 0 Å². The summed E-state index contributed by atoms with van der Waals surface area (Å²) in [6.45, 7) is 2.77. The number of unbranched alkanes of at least 4 members (excludes halogenated alkanes) is 15. The molecule has 0 atom stereocenters. The Kier molecular flexibility index (Phi) is 16.5. The van der Waals surface area contributed by atoms with Crippen molar-refractivity contribution in [2.45, 2.75) is 116 Å². The van der Waals surface area contributed by atoms with Crippen molar-refractivity contribution in [2.75, 3.05) is 6.61 Å². The summed E-state index contributed by atoms with van der Waals surface area (Å²) in [5, 5.41) is 9.02. The Balaban J connectivity index is 1.81. The molecule has 0 saturated carbocycles. The van der Waals surface area contributed by atoms with E-state index in [2.05, 4.69) is 6.92 Å². The van der Waals surface area contributed by atoms with Gasteiger partial charge >= 0.3 is 5.97 Å².